The zero-order valence-electron chi connectivity index (χ0n) is 9.00. The van der Waals surface area contributed by atoms with Crippen LogP contribution in [0.5, 0.6) is 0 Å². The second kappa shape index (κ2) is 4.29. The fourth-order valence-corrected chi connectivity index (χ4v) is 1.53. The number of hydrogen-bond donors (Lipinski definition) is 1. The maximum atomic E-state index is 13.6. The van der Waals surface area contributed by atoms with E-state index >= 15 is 0 Å². The van der Waals surface area contributed by atoms with Gasteiger partial charge in [0.25, 0.3) is 0 Å². The number of benzene rings is 1. The van der Waals surface area contributed by atoms with Gasteiger partial charge >= 0.3 is 6.18 Å². The molecule has 2 nitrogen and oxygen atoms in total. The van der Waals surface area contributed by atoms with Gasteiger partial charge in [-0.3, -0.25) is 4.98 Å². The molecule has 1 aromatic carbocycles. The summed E-state index contributed by atoms with van der Waals surface area (Å²) >= 11 is 0. The highest BCUT2D eigenvalue weighted by molar-refractivity contribution is 5.66. The third kappa shape index (κ3) is 2.42. The van der Waals surface area contributed by atoms with E-state index in [-0.39, 0.29) is 5.56 Å². The minimum Gasteiger partial charge on any atom is -0.397 e. The summed E-state index contributed by atoms with van der Waals surface area (Å²) in [6.45, 7) is 0. The molecule has 2 rings (SSSR count). The Morgan fingerprint density at radius 1 is 1.06 bits per heavy atom. The van der Waals surface area contributed by atoms with Gasteiger partial charge in [-0.15, -0.1) is 0 Å². The second-order valence-corrected chi connectivity index (χ2v) is 3.70. The Morgan fingerprint density at radius 2 is 1.78 bits per heavy atom. The number of halogens is 4. The van der Waals surface area contributed by atoms with Gasteiger partial charge in [-0.25, -0.2) is 4.39 Å². The van der Waals surface area contributed by atoms with Crippen molar-refractivity contribution in [3.63, 3.8) is 0 Å². The largest absolute Gasteiger partial charge is 0.416 e. The van der Waals surface area contributed by atoms with E-state index in [4.69, 9.17) is 5.73 Å². The Balaban J connectivity index is 2.48. The first kappa shape index (κ1) is 12.3. The molecule has 2 N–H and O–H groups in total. The van der Waals surface area contributed by atoms with Crippen molar-refractivity contribution < 1.29 is 17.6 Å². The molecule has 0 unspecified atom stereocenters. The monoisotopic (exact) mass is 256 g/mol. The molecule has 2 aromatic rings. The molecule has 0 spiro atoms. The molecule has 1 aromatic heterocycles. The van der Waals surface area contributed by atoms with Crippen molar-refractivity contribution in [1.82, 2.24) is 4.98 Å². The number of pyridine rings is 1. The number of nitrogen functional groups attached to an aromatic ring is 1. The average molecular weight is 256 g/mol. The minimum absolute atomic E-state index is 0.0304. The number of anilines is 1. The maximum Gasteiger partial charge on any atom is 0.416 e. The van der Waals surface area contributed by atoms with Crippen molar-refractivity contribution in [1.29, 1.82) is 0 Å². The van der Waals surface area contributed by atoms with E-state index in [1.807, 2.05) is 0 Å². The fourth-order valence-electron chi connectivity index (χ4n) is 1.53. The SMILES string of the molecule is Nc1cncc(-c2ccc(C(F)(F)F)cc2F)c1. The summed E-state index contributed by atoms with van der Waals surface area (Å²) in [5, 5.41) is 0. The van der Waals surface area contributed by atoms with Crippen molar-refractivity contribution in [3.05, 3.63) is 48.0 Å². The van der Waals surface area contributed by atoms with Crippen molar-refractivity contribution in [2.45, 2.75) is 6.18 Å². The van der Waals surface area contributed by atoms with Gasteiger partial charge in [0, 0.05) is 23.5 Å². The number of nitrogens with zero attached hydrogens (tertiary/aromatic N) is 1. The maximum absolute atomic E-state index is 13.6. The molecule has 0 aliphatic carbocycles. The van der Waals surface area contributed by atoms with Gasteiger partial charge in [-0.2, -0.15) is 13.2 Å². The molecule has 18 heavy (non-hydrogen) atoms. The molecule has 1 heterocycles. The first-order valence-electron chi connectivity index (χ1n) is 4.95. The predicted molar refractivity (Wildman–Crippen MR) is 59.0 cm³/mol. The third-order valence-electron chi connectivity index (χ3n) is 2.37. The van der Waals surface area contributed by atoms with Crippen LogP contribution < -0.4 is 5.73 Å². The molecular formula is C12H8F4N2. The van der Waals surface area contributed by atoms with E-state index in [9.17, 15) is 17.6 Å². The zero-order valence-corrected chi connectivity index (χ0v) is 9.00. The van der Waals surface area contributed by atoms with Crippen molar-refractivity contribution in [3.8, 4) is 11.1 Å². The Hall–Kier alpha value is -2.11. The molecule has 0 atom stereocenters. The van der Waals surface area contributed by atoms with Crippen molar-refractivity contribution in [2.75, 3.05) is 5.73 Å². The highest BCUT2D eigenvalue weighted by Gasteiger charge is 2.31. The molecule has 0 fully saturated rings. The topological polar surface area (TPSA) is 38.9 Å². The summed E-state index contributed by atoms with van der Waals surface area (Å²) in [5.41, 5.74) is 5.13. The van der Waals surface area contributed by atoms with Crippen LogP contribution in [0.3, 0.4) is 0 Å². The quantitative estimate of drug-likeness (QED) is 0.793. The molecule has 0 radical (unpaired) electrons. The van der Waals surface area contributed by atoms with E-state index in [1.54, 1.807) is 0 Å². The lowest BCUT2D eigenvalue weighted by molar-refractivity contribution is -0.137. The first-order chi connectivity index (χ1) is 8.38. The van der Waals surface area contributed by atoms with E-state index < -0.39 is 17.6 Å². The second-order valence-electron chi connectivity index (χ2n) is 3.70. The fraction of sp³-hybridized carbons (Fsp3) is 0.0833. The highest BCUT2D eigenvalue weighted by Crippen LogP contribution is 2.32. The van der Waals surface area contributed by atoms with E-state index in [1.165, 1.54) is 18.5 Å². The molecule has 0 aliphatic heterocycles. The van der Waals surface area contributed by atoms with Gasteiger partial charge < -0.3 is 5.73 Å². The Bertz CT molecular complexity index is 579. The summed E-state index contributed by atoms with van der Waals surface area (Å²) in [7, 11) is 0. The lowest BCUT2D eigenvalue weighted by atomic mass is 10.0. The van der Waals surface area contributed by atoms with Crippen LogP contribution in [0.2, 0.25) is 0 Å². The minimum atomic E-state index is -4.56. The van der Waals surface area contributed by atoms with Crippen LogP contribution >= 0.6 is 0 Å². The Labute approximate surface area is 100 Å². The summed E-state index contributed by atoms with van der Waals surface area (Å²) < 4.78 is 50.7. The van der Waals surface area contributed by atoms with Crippen LogP contribution in [-0.4, -0.2) is 4.98 Å². The van der Waals surface area contributed by atoms with Gasteiger partial charge in [0.15, 0.2) is 0 Å². The van der Waals surface area contributed by atoms with E-state index in [2.05, 4.69) is 4.98 Å². The normalized spacial score (nSPS) is 11.6. The standard InChI is InChI=1S/C12H8F4N2/c13-11-4-8(12(14,15)16)1-2-10(11)7-3-9(17)6-18-5-7/h1-6H,17H2. The smallest absolute Gasteiger partial charge is 0.397 e. The van der Waals surface area contributed by atoms with Gasteiger partial charge in [0.1, 0.15) is 5.82 Å². The lowest BCUT2D eigenvalue weighted by Gasteiger charge is -2.09. The number of alkyl halides is 3. The molecule has 94 valence electrons. The average Bonchev–Trinajstić information content (AvgIpc) is 2.27. The molecule has 0 aliphatic rings. The summed E-state index contributed by atoms with van der Waals surface area (Å²) in [4.78, 5) is 3.76. The molecule has 0 bridgehead atoms. The van der Waals surface area contributed by atoms with E-state index in [0.29, 0.717) is 17.3 Å². The molecule has 0 saturated carbocycles. The molecule has 0 amide bonds. The van der Waals surface area contributed by atoms with Crippen LogP contribution in [0.15, 0.2) is 36.7 Å². The zero-order chi connectivity index (χ0) is 13.3. The van der Waals surface area contributed by atoms with Gasteiger partial charge in [-0.1, -0.05) is 6.07 Å². The highest BCUT2D eigenvalue weighted by atomic mass is 19.4. The summed E-state index contributed by atoms with van der Waals surface area (Å²) in [6, 6.07) is 3.79. The van der Waals surface area contributed by atoms with Gasteiger partial charge in [-0.05, 0) is 18.2 Å². The van der Waals surface area contributed by atoms with Gasteiger partial charge in [0.2, 0.25) is 0 Å². The third-order valence-corrected chi connectivity index (χ3v) is 2.37. The van der Waals surface area contributed by atoms with Crippen LogP contribution in [0.4, 0.5) is 23.2 Å². The number of rotatable bonds is 1. The Morgan fingerprint density at radius 3 is 2.33 bits per heavy atom. The predicted octanol–water partition coefficient (Wildman–Crippen LogP) is 3.49. The van der Waals surface area contributed by atoms with Gasteiger partial charge in [0.05, 0.1) is 11.3 Å². The first-order valence-corrected chi connectivity index (χ1v) is 4.95. The number of hydrogen-bond acceptors (Lipinski definition) is 2. The number of nitrogens with two attached hydrogens (primary N) is 1. The van der Waals surface area contributed by atoms with E-state index in [0.717, 1.165) is 12.1 Å². The number of aromatic nitrogens is 1. The Kier molecular flexibility index (Phi) is 2.94. The van der Waals surface area contributed by atoms with Crippen LogP contribution in [0.1, 0.15) is 5.56 Å². The van der Waals surface area contributed by atoms with Crippen LogP contribution in [0, 0.1) is 5.82 Å². The summed E-state index contributed by atoms with van der Waals surface area (Å²) in [5.74, 6) is -0.961. The molecular weight excluding hydrogens is 248 g/mol. The molecule has 0 saturated heterocycles. The van der Waals surface area contributed by atoms with Crippen molar-refractivity contribution >= 4 is 5.69 Å². The van der Waals surface area contributed by atoms with Crippen molar-refractivity contribution in [2.24, 2.45) is 0 Å². The molecule has 6 heteroatoms. The van der Waals surface area contributed by atoms with Crippen LogP contribution in [-0.2, 0) is 6.18 Å². The lowest BCUT2D eigenvalue weighted by Crippen LogP contribution is -2.05. The van der Waals surface area contributed by atoms with Crippen LogP contribution in [0.25, 0.3) is 11.1 Å². The summed E-state index contributed by atoms with van der Waals surface area (Å²) in [6.07, 6.45) is -1.86.